The predicted octanol–water partition coefficient (Wildman–Crippen LogP) is 38.5. The molecular formula is C131H105N5O2S4. The molecule has 0 unspecified atom stereocenters. The second-order valence-electron chi connectivity index (χ2n) is 35.8. The minimum absolute atomic E-state index is 0.953. The van der Waals surface area contributed by atoms with E-state index in [1.165, 1.54) is 160 Å². The van der Waals surface area contributed by atoms with Crippen molar-refractivity contribution < 1.29 is 8.83 Å². The molecule has 27 rings (SSSR count). The van der Waals surface area contributed by atoms with E-state index in [2.05, 4.69) is 449 Å². The van der Waals surface area contributed by atoms with E-state index in [-0.39, 0.29) is 0 Å². The molecule has 8 heterocycles. The lowest BCUT2D eigenvalue weighted by atomic mass is 10.0. The number of hydrogen-bond donors (Lipinski definition) is 0. The fourth-order valence-corrected chi connectivity index (χ4v) is 22.5. The molecule has 0 saturated carbocycles. The molecule has 0 spiro atoms. The van der Waals surface area contributed by atoms with Crippen LogP contribution >= 0.6 is 45.3 Å². The van der Waals surface area contributed by atoms with E-state index in [4.69, 9.17) is 8.83 Å². The Bertz CT molecular complexity index is 8710. The van der Waals surface area contributed by atoms with Gasteiger partial charge in [0.25, 0.3) is 0 Å². The number of benzene rings is 19. The first kappa shape index (κ1) is 93.4. The first-order chi connectivity index (χ1) is 69.5. The largest absolute Gasteiger partial charge is 0.455 e. The highest BCUT2D eigenvalue weighted by Crippen LogP contribution is 2.44. The van der Waals surface area contributed by atoms with Crippen LogP contribution in [0.1, 0.15) is 54.9 Å². The molecule has 7 nitrogen and oxygen atoms in total. The molecule has 0 aliphatic rings. The fourth-order valence-electron chi connectivity index (χ4n) is 18.4. The first-order valence-electron chi connectivity index (χ1n) is 48.0. The third-order valence-electron chi connectivity index (χ3n) is 25.4. The summed E-state index contributed by atoms with van der Waals surface area (Å²) >= 11 is 7.37. The van der Waals surface area contributed by atoms with Gasteiger partial charge in [0.1, 0.15) is 34.0 Å². The molecule has 27 aromatic rings. The second kappa shape index (κ2) is 42.6. The smallest absolute Gasteiger partial charge is 0.143 e. The van der Waals surface area contributed by atoms with E-state index in [1.54, 1.807) is 11.3 Å². The fraction of sp³-hybridized carbons (Fsp3) is 0.0763. The standard InChI is InChI=1S/C20H16N2.C20H16O.C20H16S.C19H14O.C19H14S.C14H12N2.C11H10S.C8H7NS/c1-15-21-19-9-5-6-10-20(19)22(15)18-13-11-17(12-14-18)16-7-3-2-4-8-16;2*1-13-6-9-15(10-7-13)16-4-3-5-17-18-12-14(2)8-11-19(18)21-20(16)17;2*1-13-10-11-18-17(12-13)16-9-5-8-15(19(16)20-18)14-6-3-2-4-7-14;1-11-15-13-9-5-6-10-14(13)16(11)12-7-3-2-4-8-12;1-9-7-8-11(12-9)10-5-3-2-4-6-10;1-6-9-7-4-2-3-5-8(7)10-6/h2-14H,1H3;2*3-12H,1-2H3;2*2-12H,1H3;2-10H,1H3;2-8H,1H3;2-5H,1H3. The molecule has 0 saturated heterocycles. The van der Waals surface area contributed by atoms with Gasteiger partial charge in [0.05, 0.1) is 37.3 Å². The maximum atomic E-state index is 6.12. The van der Waals surface area contributed by atoms with E-state index in [0.29, 0.717) is 0 Å². The van der Waals surface area contributed by atoms with Crippen LogP contribution in [0.3, 0.4) is 0 Å². The molecule has 0 fully saturated rings. The summed E-state index contributed by atoms with van der Waals surface area (Å²) in [5.41, 5.74) is 33.1. The van der Waals surface area contributed by atoms with Crippen molar-refractivity contribution in [2.24, 2.45) is 0 Å². The van der Waals surface area contributed by atoms with Gasteiger partial charge >= 0.3 is 0 Å². The Morgan fingerprint density at radius 3 is 1.01 bits per heavy atom. The average molecular weight is 1910 g/mol. The lowest BCUT2D eigenvalue weighted by molar-refractivity contribution is 0.669. The number of thiophene rings is 3. The summed E-state index contributed by atoms with van der Waals surface area (Å²) in [6.45, 7) is 21.0. The molecule has 142 heavy (non-hydrogen) atoms. The van der Waals surface area contributed by atoms with Crippen LogP contribution in [0.2, 0.25) is 0 Å². The van der Waals surface area contributed by atoms with Crippen molar-refractivity contribution in [3.63, 3.8) is 0 Å². The third kappa shape index (κ3) is 20.8. The number of aromatic nitrogens is 5. The van der Waals surface area contributed by atoms with Gasteiger partial charge in [-0.05, 0) is 241 Å². The Morgan fingerprint density at radius 2 is 0.556 bits per heavy atom. The van der Waals surface area contributed by atoms with Crippen LogP contribution in [-0.2, 0) is 0 Å². The van der Waals surface area contributed by atoms with E-state index in [0.717, 1.165) is 89.1 Å². The minimum Gasteiger partial charge on any atom is -0.455 e. The number of fused-ring (bicyclic) bond motifs is 15. The summed E-state index contributed by atoms with van der Waals surface area (Å²) in [4.78, 5) is 16.2. The van der Waals surface area contributed by atoms with Crippen LogP contribution in [-0.4, -0.2) is 24.1 Å². The van der Waals surface area contributed by atoms with Crippen LogP contribution in [0, 0.1) is 69.2 Å². The van der Waals surface area contributed by atoms with Gasteiger partial charge < -0.3 is 8.83 Å². The number of nitrogens with zero attached hydrogens (tertiary/aromatic N) is 5. The van der Waals surface area contributed by atoms with Crippen molar-refractivity contribution in [3.8, 4) is 77.4 Å². The minimum atomic E-state index is 0.953. The predicted molar refractivity (Wildman–Crippen MR) is 612 cm³/mol. The van der Waals surface area contributed by atoms with Crippen molar-refractivity contribution in [2.75, 3.05) is 0 Å². The van der Waals surface area contributed by atoms with Crippen LogP contribution in [0.4, 0.5) is 0 Å². The molecule has 0 aliphatic carbocycles. The molecule has 11 heteroatoms. The number of rotatable bonds is 8. The highest BCUT2D eigenvalue weighted by molar-refractivity contribution is 7.26. The highest BCUT2D eigenvalue weighted by atomic mass is 32.1. The maximum absolute atomic E-state index is 6.12. The molecular weight excluding hydrogens is 1800 g/mol. The lowest BCUT2D eigenvalue weighted by Crippen LogP contribution is -1.96. The Balaban J connectivity index is 0.000000100. The maximum Gasteiger partial charge on any atom is 0.143 e. The summed E-state index contributed by atoms with van der Waals surface area (Å²) in [6, 6.07) is 159. The zero-order chi connectivity index (χ0) is 97.1. The van der Waals surface area contributed by atoms with Crippen LogP contribution in [0.5, 0.6) is 0 Å². The van der Waals surface area contributed by atoms with Gasteiger partial charge in [0.2, 0.25) is 0 Å². The van der Waals surface area contributed by atoms with Gasteiger partial charge in [0.15, 0.2) is 0 Å². The Labute approximate surface area is 844 Å². The number of furan rings is 2. The summed E-state index contributed by atoms with van der Waals surface area (Å²) in [5, 5.41) is 11.4. The van der Waals surface area contributed by atoms with Gasteiger partial charge in [-0.25, -0.2) is 15.0 Å². The topological polar surface area (TPSA) is 74.8 Å². The first-order valence-corrected chi connectivity index (χ1v) is 51.2. The van der Waals surface area contributed by atoms with E-state index < -0.39 is 0 Å². The highest BCUT2D eigenvalue weighted by Gasteiger charge is 2.19. The molecule has 0 bridgehead atoms. The van der Waals surface area contributed by atoms with Gasteiger partial charge in [-0.3, -0.25) is 9.13 Å². The normalized spacial score (nSPS) is 11.0. The zero-order valence-electron chi connectivity index (χ0n) is 81.0. The second-order valence-corrected chi connectivity index (χ2v) is 40.4. The summed E-state index contributed by atoms with van der Waals surface area (Å²) in [7, 11) is 0. The van der Waals surface area contributed by atoms with Crippen molar-refractivity contribution in [1.29, 1.82) is 0 Å². The zero-order valence-corrected chi connectivity index (χ0v) is 84.3. The van der Waals surface area contributed by atoms with Crippen molar-refractivity contribution in [1.82, 2.24) is 24.1 Å². The molecule has 0 aliphatic heterocycles. The third-order valence-corrected chi connectivity index (χ3v) is 29.8. The summed E-state index contributed by atoms with van der Waals surface area (Å²) in [5.74, 6) is 2.03. The van der Waals surface area contributed by atoms with Gasteiger partial charge in [-0.15, -0.1) is 45.3 Å². The SMILES string of the molecule is Cc1ccc(-c2cccc3c2oc2ccc(C)cc23)cc1.Cc1ccc(-c2cccc3c2sc2ccc(C)cc23)cc1.Cc1ccc(-c2ccccc2)s1.Cc1ccc2oc3c(-c4ccccc4)cccc3c2c1.Cc1ccc2sc3c(-c4ccccc4)cccc3c2c1.Cc1nc2ccccc2n1-c1ccc(-c2ccccc2)cc1.Cc1nc2ccccc2n1-c1ccccc1.Cc1nc2ccccc2s1. The van der Waals surface area contributed by atoms with Gasteiger partial charge in [-0.2, -0.15) is 0 Å². The van der Waals surface area contributed by atoms with E-state index in [1.807, 2.05) is 134 Å². The molecule has 0 atom stereocenters. The summed E-state index contributed by atoms with van der Waals surface area (Å²) < 4.78 is 23.4. The van der Waals surface area contributed by atoms with Crippen molar-refractivity contribution >= 4 is 162 Å². The average Bonchev–Trinajstić information content (AvgIpc) is 1.65. The molecule has 8 aromatic heterocycles. The number of para-hydroxylation sites is 8. The van der Waals surface area contributed by atoms with Crippen LogP contribution in [0.15, 0.2) is 464 Å². The molecule has 0 amide bonds. The molecule has 0 N–H and O–H groups in total. The quantitative estimate of drug-likeness (QED) is 0.152. The van der Waals surface area contributed by atoms with Gasteiger partial charge in [0, 0.05) is 94.1 Å². The Kier molecular flexibility index (Phi) is 28.0. The monoisotopic (exact) mass is 1910 g/mol. The summed E-state index contributed by atoms with van der Waals surface area (Å²) in [6.07, 6.45) is 0. The number of thiazole rings is 1. The molecule has 0 radical (unpaired) electrons. The number of aryl methyl sites for hydroxylation is 10. The molecule has 690 valence electrons. The van der Waals surface area contributed by atoms with Crippen molar-refractivity contribution in [2.45, 2.75) is 69.2 Å². The Hall–Kier alpha value is -16.3. The van der Waals surface area contributed by atoms with E-state index >= 15 is 0 Å². The number of imidazole rings is 2. The van der Waals surface area contributed by atoms with E-state index in [9.17, 15) is 0 Å². The van der Waals surface area contributed by atoms with Crippen LogP contribution < -0.4 is 0 Å². The van der Waals surface area contributed by atoms with Crippen LogP contribution in [0.25, 0.3) is 194 Å². The van der Waals surface area contributed by atoms with Crippen molar-refractivity contribution in [3.05, 3.63) is 510 Å². The lowest BCUT2D eigenvalue weighted by Gasteiger charge is -2.08. The van der Waals surface area contributed by atoms with Gasteiger partial charge in [-0.1, -0.05) is 367 Å². The Morgan fingerprint density at radius 1 is 0.211 bits per heavy atom. The molecule has 19 aromatic carbocycles. The number of hydrogen-bond acceptors (Lipinski definition) is 9.